The molecule has 5 heterocycles. The highest BCUT2D eigenvalue weighted by Crippen LogP contribution is 2.43. The smallest absolute Gasteiger partial charge is 0.345 e. The summed E-state index contributed by atoms with van der Waals surface area (Å²) in [7, 11) is 0. The van der Waals surface area contributed by atoms with Crippen LogP contribution >= 0.6 is 0 Å². The van der Waals surface area contributed by atoms with Gasteiger partial charge in [0.1, 0.15) is 22.8 Å². The molecule has 0 spiro atoms. The van der Waals surface area contributed by atoms with E-state index in [2.05, 4.69) is 137 Å². The molecule has 372 valence electrons. The molecule has 0 atom stereocenters. The Morgan fingerprint density at radius 1 is 0.321 bits per heavy atom. The zero-order valence-electron chi connectivity index (χ0n) is 41.8. The van der Waals surface area contributed by atoms with Crippen LogP contribution in [0.4, 0.5) is 8.78 Å². The Labute approximate surface area is 444 Å². The highest BCUT2D eigenvalue weighted by atomic mass is 19.1. The zero-order chi connectivity index (χ0) is 52.4. The van der Waals surface area contributed by atoms with Gasteiger partial charge in [-0.1, -0.05) is 133 Å². The molecule has 14 aromatic rings. The Morgan fingerprint density at radius 2 is 0.821 bits per heavy atom. The lowest BCUT2D eigenvalue weighted by molar-refractivity contribution is 0.566. The lowest BCUT2D eigenvalue weighted by atomic mass is 9.86. The van der Waals surface area contributed by atoms with Crippen LogP contribution in [0.1, 0.15) is 22.3 Å². The summed E-state index contributed by atoms with van der Waals surface area (Å²) in [6.07, 6.45) is 7.81. The molecule has 0 aliphatic heterocycles. The second kappa shape index (κ2) is 19.0. The molecule has 7 nitrogen and oxygen atoms in total. The first-order valence-corrected chi connectivity index (χ1v) is 25.9. The molecule has 0 bridgehead atoms. The molecule has 0 aliphatic carbocycles. The number of hydrogen-bond acceptors (Lipinski definition) is 7. The predicted octanol–water partition coefficient (Wildman–Crippen LogP) is 16.4. The number of hydrogen-bond donors (Lipinski definition) is 0. The zero-order valence-corrected chi connectivity index (χ0v) is 41.8. The lowest BCUT2D eigenvalue weighted by Gasteiger charge is -2.18. The van der Waals surface area contributed by atoms with Crippen molar-refractivity contribution in [1.29, 1.82) is 0 Å². The van der Waals surface area contributed by atoms with E-state index in [9.17, 15) is 18.4 Å². The SMILES string of the molecule is O=c1oc2ccc(F)cc2c2ncc(CCc3cc(CCc4cnc5c(c4)c(=O)oc4ccc(F)cc45)cc(-c4ccccc4-c4cnc(-c5ccccc5)cc4-c4ccc5c6ccccc6c6ccccc6c5c4)c3)cc12. The maximum atomic E-state index is 14.4. The van der Waals surface area contributed by atoms with Crippen molar-refractivity contribution in [3.05, 3.63) is 267 Å². The van der Waals surface area contributed by atoms with Gasteiger partial charge in [-0.15, -0.1) is 0 Å². The summed E-state index contributed by atoms with van der Waals surface area (Å²) in [5, 5.41) is 8.65. The highest BCUT2D eigenvalue weighted by Gasteiger charge is 2.19. The van der Waals surface area contributed by atoms with E-state index in [-0.39, 0.29) is 11.2 Å². The van der Waals surface area contributed by atoms with Gasteiger partial charge in [-0.05, 0) is 169 Å². The molecular formula is C69H43F2N3O4. The molecule has 0 amide bonds. The summed E-state index contributed by atoms with van der Waals surface area (Å²) in [5.74, 6) is -0.886. The van der Waals surface area contributed by atoms with Crippen LogP contribution in [0, 0.1) is 11.6 Å². The minimum absolute atomic E-state index is 0.278. The molecule has 14 rings (SSSR count). The van der Waals surface area contributed by atoms with Crippen molar-refractivity contribution in [3.8, 4) is 44.6 Å². The van der Waals surface area contributed by atoms with Crippen LogP contribution in [0.5, 0.6) is 0 Å². The van der Waals surface area contributed by atoms with Gasteiger partial charge in [0.05, 0.1) is 27.5 Å². The Hall–Kier alpha value is -9.99. The topological polar surface area (TPSA) is 99.1 Å². The fourth-order valence-electron chi connectivity index (χ4n) is 11.4. The Balaban J connectivity index is 0.892. The summed E-state index contributed by atoms with van der Waals surface area (Å²) >= 11 is 0. The first-order valence-electron chi connectivity index (χ1n) is 25.9. The van der Waals surface area contributed by atoms with E-state index in [1.165, 1.54) is 68.7 Å². The second-order valence-electron chi connectivity index (χ2n) is 20.0. The number of fused-ring (bicyclic) bond motifs is 12. The molecule has 0 N–H and O–H groups in total. The van der Waals surface area contributed by atoms with Gasteiger partial charge in [0.2, 0.25) is 0 Å². The van der Waals surface area contributed by atoms with Gasteiger partial charge in [-0.25, -0.2) is 18.4 Å². The molecule has 0 saturated carbocycles. The number of halogens is 2. The van der Waals surface area contributed by atoms with Crippen molar-refractivity contribution in [1.82, 2.24) is 15.0 Å². The Bertz CT molecular complexity index is 4700. The maximum absolute atomic E-state index is 14.4. The molecule has 9 aromatic carbocycles. The summed E-state index contributed by atoms with van der Waals surface area (Å²) in [6, 6.07) is 63.4. The normalized spacial score (nSPS) is 11.8. The van der Waals surface area contributed by atoms with Crippen LogP contribution in [0.3, 0.4) is 0 Å². The average molecular weight is 1020 g/mol. The van der Waals surface area contributed by atoms with E-state index >= 15 is 0 Å². The van der Waals surface area contributed by atoms with Gasteiger partial charge in [0, 0.05) is 40.5 Å². The first kappa shape index (κ1) is 46.5. The molecular weight excluding hydrogens is 973 g/mol. The summed E-state index contributed by atoms with van der Waals surface area (Å²) < 4.78 is 40.0. The Morgan fingerprint density at radius 3 is 1.40 bits per heavy atom. The van der Waals surface area contributed by atoms with Crippen molar-refractivity contribution in [2.24, 2.45) is 0 Å². The van der Waals surface area contributed by atoms with Crippen LogP contribution in [-0.2, 0) is 25.7 Å². The summed E-state index contributed by atoms with van der Waals surface area (Å²) in [5.41, 5.74) is 12.0. The number of benzene rings is 9. The van der Waals surface area contributed by atoms with E-state index in [4.69, 9.17) is 13.8 Å². The Kier molecular flexibility index (Phi) is 11.3. The first-order chi connectivity index (χ1) is 38.3. The third-order valence-corrected chi connectivity index (χ3v) is 15.1. The van der Waals surface area contributed by atoms with Gasteiger partial charge in [-0.3, -0.25) is 15.0 Å². The highest BCUT2D eigenvalue weighted by molar-refractivity contribution is 6.26. The largest absolute Gasteiger partial charge is 0.422 e. The van der Waals surface area contributed by atoms with Crippen molar-refractivity contribution < 1.29 is 17.6 Å². The summed E-state index contributed by atoms with van der Waals surface area (Å²) in [6.45, 7) is 0. The van der Waals surface area contributed by atoms with Crippen molar-refractivity contribution in [2.45, 2.75) is 25.7 Å². The molecule has 9 heteroatoms. The molecule has 78 heavy (non-hydrogen) atoms. The quantitative estimate of drug-likeness (QED) is 0.0994. The van der Waals surface area contributed by atoms with E-state index in [0.29, 0.717) is 58.3 Å². The summed E-state index contributed by atoms with van der Waals surface area (Å²) in [4.78, 5) is 41.0. The second-order valence-corrected chi connectivity index (χ2v) is 20.0. The van der Waals surface area contributed by atoms with Gasteiger partial charge in [0.25, 0.3) is 0 Å². The van der Waals surface area contributed by atoms with Crippen molar-refractivity contribution >= 4 is 76.1 Å². The molecule has 0 aliphatic rings. The van der Waals surface area contributed by atoms with Gasteiger partial charge >= 0.3 is 11.3 Å². The van der Waals surface area contributed by atoms with Crippen molar-refractivity contribution in [2.75, 3.05) is 0 Å². The van der Waals surface area contributed by atoms with E-state index in [1.807, 2.05) is 24.4 Å². The number of pyridine rings is 3. The standard InChI is InChI=1S/C69H43F2N3O4/c70-47-23-26-64-58(34-47)66-60(68(75)77-64)31-42(37-73-66)20-18-40-28-41(19-21-43-32-61-67(74-38-43)59-35-48(71)24-27-65(59)78-69(61)76)30-46(29-40)49-12-4-5-13-50(49)62-39-72-63(44-10-2-1-3-11-44)36-56(62)45-22-25-55-53-16-7-6-14-51(53)52-15-8-9-17-54(52)57(55)33-45/h1-17,22-39H,18-21H2. The number of rotatable bonds is 10. The molecule has 0 unspecified atom stereocenters. The molecule has 5 aromatic heterocycles. The van der Waals surface area contributed by atoms with Crippen LogP contribution in [0.15, 0.2) is 231 Å². The number of aryl methyl sites for hydroxylation is 4. The molecule has 0 saturated heterocycles. The van der Waals surface area contributed by atoms with Crippen LogP contribution < -0.4 is 11.3 Å². The van der Waals surface area contributed by atoms with Crippen LogP contribution in [-0.4, -0.2) is 15.0 Å². The van der Waals surface area contributed by atoms with E-state index in [0.717, 1.165) is 66.9 Å². The van der Waals surface area contributed by atoms with E-state index in [1.54, 1.807) is 24.5 Å². The van der Waals surface area contributed by atoms with Crippen LogP contribution in [0.2, 0.25) is 0 Å². The number of nitrogens with zero attached hydrogens (tertiary/aromatic N) is 3. The van der Waals surface area contributed by atoms with Crippen molar-refractivity contribution in [3.63, 3.8) is 0 Å². The molecule has 0 fully saturated rings. The number of aromatic nitrogens is 3. The predicted molar refractivity (Wildman–Crippen MR) is 309 cm³/mol. The average Bonchev–Trinajstić information content (AvgIpc) is 3.52. The van der Waals surface area contributed by atoms with Gasteiger partial charge in [-0.2, -0.15) is 0 Å². The fraction of sp³-hybridized carbons (Fsp3) is 0.0580. The van der Waals surface area contributed by atoms with E-state index < -0.39 is 22.9 Å². The van der Waals surface area contributed by atoms with Crippen LogP contribution in [0.25, 0.3) is 121 Å². The monoisotopic (exact) mass is 1020 g/mol. The minimum atomic E-state index is -0.531. The third-order valence-electron chi connectivity index (χ3n) is 15.1. The lowest BCUT2D eigenvalue weighted by Crippen LogP contribution is -2.04. The van der Waals surface area contributed by atoms with Gasteiger partial charge in [0.15, 0.2) is 0 Å². The molecule has 0 radical (unpaired) electrons. The fourth-order valence-corrected chi connectivity index (χ4v) is 11.4. The van der Waals surface area contributed by atoms with Gasteiger partial charge < -0.3 is 8.83 Å². The minimum Gasteiger partial charge on any atom is -0.422 e. The third kappa shape index (κ3) is 8.33. The maximum Gasteiger partial charge on any atom is 0.345 e.